The Morgan fingerprint density at radius 1 is 0.935 bits per heavy atom. The second-order valence-corrected chi connectivity index (χ2v) is 18.6. The maximum Gasteiger partial charge on any atom is 0.344 e. The van der Waals surface area contributed by atoms with E-state index in [9.17, 15) is 9.90 Å². The van der Waals surface area contributed by atoms with Crippen LogP contribution in [0.5, 0.6) is 5.75 Å². The van der Waals surface area contributed by atoms with Gasteiger partial charge in [-0.3, -0.25) is 0 Å². The quantitative estimate of drug-likeness (QED) is 0.240. The highest BCUT2D eigenvalue weighted by molar-refractivity contribution is 5.71. The molecule has 0 spiro atoms. The van der Waals surface area contributed by atoms with Gasteiger partial charge < -0.3 is 14.6 Å². The lowest BCUT2D eigenvalue weighted by atomic mass is 9.32. The summed E-state index contributed by atoms with van der Waals surface area (Å²) in [5.74, 6) is 3.83. The molecule has 0 bridgehead atoms. The largest absolute Gasteiger partial charge is 0.482 e. The molecule has 5 unspecified atom stereocenters. The van der Waals surface area contributed by atoms with Crippen LogP contribution in [0.3, 0.4) is 0 Å². The average Bonchev–Trinajstić information content (AvgIpc) is 3.38. The predicted octanol–water partition coefficient (Wildman–Crippen LogP) is 10.1. The molecule has 0 radical (unpaired) electrons. The highest BCUT2D eigenvalue weighted by Gasteiger charge is 2.71. The number of rotatable bonds is 7. The lowest BCUT2D eigenvalue weighted by Gasteiger charge is -2.73. The van der Waals surface area contributed by atoms with Gasteiger partial charge in [0.05, 0.1) is 12.7 Å². The smallest absolute Gasteiger partial charge is 0.344 e. The maximum absolute atomic E-state index is 13.2. The van der Waals surface area contributed by atoms with Gasteiger partial charge >= 0.3 is 5.97 Å². The van der Waals surface area contributed by atoms with Crippen LogP contribution in [0.1, 0.15) is 137 Å². The van der Waals surface area contributed by atoms with E-state index >= 15 is 0 Å². The third-order valence-electron chi connectivity index (χ3n) is 16.0. The van der Waals surface area contributed by atoms with E-state index in [4.69, 9.17) is 9.47 Å². The minimum absolute atomic E-state index is 0.0200. The van der Waals surface area contributed by atoms with Crippen LogP contribution in [-0.4, -0.2) is 30.4 Å². The van der Waals surface area contributed by atoms with Crippen molar-refractivity contribution in [2.75, 3.05) is 13.2 Å². The first-order valence-electron chi connectivity index (χ1n) is 18.7. The number of ether oxygens (including phenoxy) is 2. The molecular weight excluding hydrogens is 568 g/mol. The summed E-state index contributed by atoms with van der Waals surface area (Å²) < 4.78 is 12.2. The van der Waals surface area contributed by atoms with E-state index in [1.165, 1.54) is 43.2 Å². The van der Waals surface area contributed by atoms with Crippen LogP contribution in [-0.2, 0) is 9.53 Å². The van der Waals surface area contributed by atoms with Crippen LogP contribution < -0.4 is 4.74 Å². The Morgan fingerprint density at radius 3 is 2.37 bits per heavy atom. The molecule has 5 fully saturated rings. The highest BCUT2D eigenvalue weighted by Crippen LogP contribution is 2.77. The number of carbonyl (C=O) groups is 1. The van der Waals surface area contributed by atoms with Crippen LogP contribution >= 0.6 is 0 Å². The molecule has 6 rings (SSSR count). The predicted molar refractivity (Wildman–Crippen MR) is 187 cm³/mol. The summed E-state index contributed by atoms with van der Waals surface area (Å²) in [5, 5.41) is 11.1. The van der Waals surface area contributed by atoms with Crippen LogP contribution in [0.4, 0.5) is 0 Å². The molecule has 0 aliphatic heterocycles. The zero-order valence-corrected chi connectivity index (χ0v) is 30.6. The van der Waals surface area contributed by atoms with Crippen LogP contribution in [0.25, 0.3) is 0 Å². The lowest BCUT2D eigenvalue weighted by Crippen LogP contribution is -2.66. The van der Waals surface area contributed by atoms with E-state index in [2.05, 4.69) is 80.2 Å². The molecule has 46 heavy (non-hydrogen) atoms. The molecule has 1 aromatic rings. The van der Waals surface area contributed by atoms with E-state index in [1.807, 2.05) is 6.92 Å². The fraction of sp³-hybridized carbons (Fsp3) is 0.786. The van der Waals surface area contributed by atoms with Crippen molar-refractivity contribution in [3.8, 4) is 5.75 Å². The molecule has 0 heterocycles. The number of fused-ring (bicyclic) bond motifs is 7. The first-order valence-corrected chi connectivity index (χ1v) is 18.7. The molecule has 0 amide bonds. The Bertz CT molecular complexity index is 1340. The minimum Gasteiger partial charge on any atom is -0.482 e. The highest BCUT2D eigenvalue weighted by atomic mass is 16.6. The van der Waals surface area contributed by atoms with Crippen molar-refractivity contribution in [3.63, 3.8) is 0 Å². The molecule has 5 aliphatic carbocycles. The Hall–Kier alpha value is -1.81. The molecule has 1 N–H and O–H groups in total. The first kappa shape index (κ1) is 34.1. The number of hydrogen-bond acceptors (Lipinski definition) is 4. The van der Waals surface area contributed by atoms with Gasteiger partial charge in [0.1, 0.15) is 5.75 Å². The number of aliphatic hydroxyl groups excluding tert-OH is 1. The lowest BCUT2D eigenvalue weighted by molar-refractivity contribution is -0.250. The second kappa shape index (κ2) is 11.7. The molecule has 1 aromatic carbocycles. The number of aliphatic hydroxyl groups is 1. The molecule has 256 valence electrons. The number of hydrogen-bond donors (Lipinski definition) is 1. The Balaban J connectivity index is 1.22. The number of carbonyl (C=O) groups excluding carboxylic acids is 1. The zero-order chi connectivity index (χ0) is 33.4. The molecule has 0 aromatic heterocycles. The molecule has 10 atom stereocenters. The summed E-state index contributed by atoms with van der Waals surface area (Å²) >= 11 is 0. The number of benzene rings is 1. The summed E-state index contributed by atoms with van der Waals surface area (Å²) in [6, 6.07) is 6.29. The number of allylic oxidation sites excluding steroid dienone is 1. The summed E-state index contributed by atoms with van der Waals surface area (Å²) in [5.41, 5.74) is 4.40. The fourth-order valence-electron chi connectivity index (χ4n) is 13.1. The van der Waals surface area contributed by atoms with Gasteiger partial charge in [0, 0.05) is 5.41 Å². The summed E-state index contributed by atoms with van der Waals surface area (Å²) in [4.78, 5) is 13.2. The molecule has 4 heteroatoms. The van der Waals surface area contributed by atoms with E-state index in [1.54, 1.807) is 0 Å². The van der Waals surface area contributed by atoms with Crippen molar-refractivity contribution in [1.29, 1.82) is 0 Å². The third kappa shape index (κ3) is 5.04. The van der Waals surface area contributed by atoms with Gasteiger partial charge in [-0.25, -0.2) is 4.79 Å². The minimum atomic E-state index is -0.251. The SMILES string of the molecule is C=C(C)C1CC[C@]2(COC(=O)COc3cc(C(C)C)ccc3C)CC[C@]3(C)C(CCC4[C@@]5(C)CC[C@H](O)C(C)(C)C5CC[C@]43C)C12. The van der Waals surface area contributed by atoms with Crippen LogP contribution in [0.15, 0.2) is 30.4 Å². The Labute approximate surface area is 280 Å². The zero-order valence-electron chi connectivity index (χ0n) is 30.6. The number of aryl methyl sites for hydroxylation is 1. The standard InChI is InChI=1S/C42H64O4/c1-26(2)29-12-11-28(5)32(23-29)45-24-36(44)46-25-42-20-15-30(27(3)4)37(42)31-13-14-34-39(8)18-17-35(43)38(6,7)33(39)16-19-41(34,10)40(31,9)21-22-42/h11-12,23,26,30-31,33-35,37,43H,3,13-22,24-25H2,1-2,4-10H3/t30?,31?,33?,34?,35-,37?,39-,40+,41+,42+/m0/s1. The number of esters is 1. The van der Waals surface area contributed by atoms with Gasteiger partial charge in [-0.1, -0.05) is 72.8 Å². The van der Waals surface area contributed by atoms with Crippen LogP contribution in [0.2, 0.25) is 0 Å². The first-order chi connectivity index (χ1) is 21.5. The average molecular weight is 633 g/mol. The molecular formula is C42H64O4. The van der Waals surface area contributed by atoms with Crippen molar-refractivity contribution < 1.29 is 19.4 Å². The Kier molecular flexibility index (Phi) is 8.64. The van der Waals surface area contributed by atoms with E-state index in [0.717, 1.165) is 43.4 Å². The van der Waals surface area contributed by atoms with E-state index in [-0.39, 0.29) is 45.8 Å². The molecule has 4 nitrogen and oxygen atoms in total. The maximum atomic E-state index is 13.2. The molecule has 5 saturated carbocycles. The van der Waals surface area contributed by atoms with Gasteiger partial charge in [-0.05, 0) is 152 Å². The van der Waals surface area contributed by atoms with Crippen molar-refractivity contribution in [3.05, 3.63) is 41.5 Å². The van der Waals surface area contributed by atoms with Gasteiger partial charge in [-0.2, -0.15) is 0 Å². The fourth-order valence-corrected chi connectivity index (χ4v) is 13.1. The summed E-state index contributed by atoms with van der Waals surface area (Å²) in [6.07, 6.45) is 11.6. The topological polar surface area (TPSA) is 55.8 Å². The summed E-state index contributed by atoms with van der Waals surface area (Å²) in [6.45, 7) is 26.3. The van der Waals surface area contributed by atoms with Crippen molar-refractivity contribution in [2.45, 2.75) is 139 Å². The van der Waals surface area contributed by atoms with Gasteiger partial charge in [0.25, 0.3) is 0 Å². The molecule has 0 saturated heterocycles. The van der Waals surface area contributed by atoms with E-state index in [0.29, 0.717) is 42.1 Å². The second-order valence-electron chi connectivity index (χ2n) is 18.6. The summed E-state index contributed by atoms with van der Waals surface area (Å²) in [7, 11) is 0. The monoisotopic (exact) mass is 632 g/mol. The van der Waals surface area contributed by atoms with Crippen molar-refractivity contribution in [1.82, 2.24) is 0 Å². The van der Waals surface area contributed by atoms with Crippen molar-refractivity contribution in [2.24, 2.45) is 56.7 Å². The normalized spacial score (nSPS) is 42.8. The molecule has 5 aliphatic rings. The van der Waals surface area contributed by atoms with Crippen molar-refractivity contribution >= 4 is 5.97 Å². The third-order valence-corrected chi connectivity index (χ3v) is 16.0. The van der Waals surface area contributed by atoms with Crippen LogP contribution in [0, 0.1) is 63.6 Å². The van der Waals surface area contributed by atoms with Gasteiger partial charge in [0.15, 0.2) is 6.61 Å². The van der Waals surface area contributed by atoms with Gasteiger partial charge in [-0.15, -0.1) is 0 Å². The van der Waals surface area contributed by atoms with Gasteiger partial charge in [0.2, 0.25) is 0 Å². The van der Waals surface area contributed by atoms with E-state index < -0.39 is 0 Å². The Morgan fingerprint density at radius 2 is 1.67 bits per heavy atom.